The zero-order valence-electron chi connectivity index (χ0n) is 13.2. The number of aliphatic hydroxyl groups is 2. The monoisotopic (exact) mass is 303 g/mol. The lowest BCUT2D eigenvalue weighted by atomic mass is 10.2. The van der Waals surface area contributed by atoms with Gasteiger partial charge in [-0.25, -0.2) is 0 Å². The van der Waals surface area contributed by atoms with Crippen molar-refractivity contribution in [2.24, 2.45) is 0 Å². The Bertz CT molecular complexity index is 302. The van der Waals surface area contributed by atoms with E-state index in [9.17, 15) is 20.1 Å². The third-order valence-electron chi connectivity index (χ3n) is 3.80. The van der Waals surface area contributed by atoms with Crippen molar-refractivity contribution < 1.29 is 29.3 Å². The van der Waals surface area contributed by atoms with Crippen molar-refractivity contribution in [1.29, 1.82) is 0 Å². The van der Waals surface area contributed by atoms with E-state index in [1.807, 2.05) is 13.0 Å². The fourth-order valence-electron chi connectivity index (χ4n) is 2.01. The molecule has 0 aliphatic rings. The van der Waals surface area contributed by atoms with Gasteiger partial charge in [0.1, 0.15) is 12.6 Å². The first-order chi connectivity index (χ1) is 10.0. The number of ether oxygens (including phenoxy) is 1. The second-order valence-electron chi connectivity index (χ2n) is 5.25. The highest BCUT2D eigenvalue weighted by Crippen LogP contribution is 2.11. The minimum absolute atomic E-state index is 0.237. The molecule has 0 aromatic rings. The molecule has 124 valence electrons. The summed E-state index contributed by atoms with van der Waals surface area (Å²) in [6.07, 6.45) is 8.41. The number of hydrogen-bond acceptors (Lipinski definition) is 5. The molecule has 0 amide bonds. The number of hydrogen-bond donors (Lipinski definition) is 2. The summed E-state index contributed by atoms with van der Waals surface area (Å²) in [6.45, 7) is 3.64. The van der Waals surface area contributed by atoms with Crippen LogP contribution in [0.5, 0.6) is 0 Å². The van der Waals surface area contributed by atoms with Crippen LogP contribution in [0.4, 0.5) is 0 Å². The molecule has 21 heavy (non-hydrogen) atoms. The number of carboxylic acid groups (broad SMARTS) is 1. The van der Waals surface area contributed by atoms with Crippen LogP contribution in [0, 0.1) is 0 Å². The Hall–Kier alpha value is -0.950. The number of rotatable bonds is 13. The lowest BCUT2D eigenvalue weighted by molar-refractivity contribution is -0.975. The largest absolute Gasteiger partial charge is 0.544 e. The van der Waals surface area contributed by atoms with Gasteiger partial charge in [0, 0.05) is 6.61 Å². The van der Waals surface area contributed by atoms with Crippen LogP contribution in [0.1, 0.15) is 39.5 Å². The fraction of sp³-hybridized carbons (Fsp3) is 0.800. The number of carbonyl (C=O) groups excluding carboxylic acids is 1. The van der Waals surface area contributed by atoms with Crippen LogP contribution in [0.25, 0.3) is 0 Å². The van der Waals surface area contributed by atoms with Crippen molar-refractivity contribution >= 4 is 5.97 Å². The number of carboxylic acids is 1. The maximum atomic E-state index is 10.9. The zero-order valence-corrected chi connectivity index (χ0v) is 13.2. The van der Waals surface area contributed by atoms with Crippen molar-refractivity contribution in [2.75, 3.05) is 33.2 Å². The van der Waals surface area contributed by atoms with Gasteiger partial charge in [0.15, 0.2) is 13.5 Å². The van der Waals surface area contributed by atoms with Gasteiger partial charge < -0.3 is 24.9 Å². The lowest BCUT2D eigenvalue weighted by Crippen LogP contribution is -2.62. The Morgan fingerprint density at radius 2 is 1.90 bits per heavy atom. The van der Waals surface area contributed by atoms with E-state index in [1.165, 1.54) is 6.92 Å². The lowest BCUT2D eigenvalue weighted by Gasteiger charge is -2.40. The first kappa shape index (κ1) is 20.1. The second kappa shape index (κ2) is 11.7. The molecule has 0 saturated carbocycles. The first-order valence-electron chi connectivity index (χ1n) is 7.51. The van der Waals surface area contributed by atoms with Crippen molar-refractivity contribution in [3.63, 3.8) is 0 Å². The predicted molar refractivity (Wildman–Crippen MR) is 77.9 cm³/mol. The Balaban J connectivity index is 3.92. The van der Waals surface area contributed by atoms with Crippen LogP contribution in [0.3, 0.4) is 0 Å². The molecule has 0 spiro atoms. The smallest absolute Gasteiger partial charge is 0.182 e. The van der Waals surface area contributed by atoms with E-state index in [4.69, 9.17) is 4.74 Å². The molecule has 0 saturated heterocycles. The molecule has 0 heterocycles. The summed E-state index contributed by atoms with van der Waals surface area (Å²) in [7, 11) is 0. The molecule has 6 nitrogen and oxygen atoms in total. The summed E-state index contributed by atoms with van der Waals surface area (Å²) >= 11 is 0. The Morgan fingerprint density at radius 1 is 1.24 bits per heavy atom. The van der Waals surface area contributed by atoms with Crippen LogP contribution in [0.2, 0.25) is 0 Å². The molecule has 0 aromatic carbocycles. The van der Waals surface area contributed by atoms with Crippen LogP contribution in [-0.2, 0) is 9.53 Å². The average molecular weight is 303 g/mol. The molecular formula is C15H29NO5. The van der Waals surface area contributed by atoms with E-state index in [-0.39, 0.29) is 11.0 Å². The highest BCUT2D eigenvalue weighted by atomic mass is 16.5. The van der Waals surface area contributed by atoms with E-state index < -0.39 is 25.5 Å². The molecule has 1 atom stereocenters. The van der Waals surface area contributed by atoms with Gasteiger partial charge in [-0.3, -0.25) is 4.48 Å². The van der Waals surface area contributed by atoms with Crippen LogP contribution in [0.15, 0.2) is 12.2 Å². The Kier molecular flexibility index (Phi) is 11.2. The van der Waals surface area contributed by atoms with E-state index in [1.54, 1.807) is 0 Å². The normalized spacial score (nSPS) is 13.7. The third kappa shape index (κ3) is 7.57. The number of unbranched alkanes of at least 4 members (excludes halogenated alkanes) is 3. The molecule has 6 heteroatoms. The topological polar surface area (TPSA) is 89.8 Å². The van der Waals surface area contributed by atoms with Gasteiger partial charge in [-0.2, -0.15) is 0 Å². The molecular weight excluding hydrogens is 274 g/mol. The molecule has 0 aromatic heterocycles. The predicted octanol–water partition coefficient (Wildman–Crippen LogP) is -0.00570. The third-order valence-corrected chi connectivity index (χ3v) is 3.80. The first-order valence-corrected chi connectivity index (χ1v) is 7.51. The van der Waals surface area contributed by atoms with Crippen molar-refractivity contribution in [3.8, 4) is 0 Å². The summed E-state index contributed by atoms with van der Waals surface area (Å²) < 4.78 is 5.10. The Morgan fingerprint density at radius 3 is 2.43 bits per heavy atom. The highest BCUT2D eigenvalue weighted by molar-refractivity contribution is 5.69. The molecule has 2 N–H and O–H groups in total. The van der Waals surface area contributed by atoms with Gasteiger partial charge >= 0.3 is 0 Å². The molecule has 0 aliphatic heterocycles. The van der Waals surface area contributed by atoms with E-state index >= 15 is 0 Å². The molecule has 0 radical (unpaired) electrons. The van der Waals surface area contributed by atoms with E-state index in [0.29, 0.717) is 13.2 Å². The molecule has 1 unspecified atom stereocenters. The number of aliphatic hydroxyl groups excluding tert-OH is 2. The molecule has 0 bridgehead atoms. The maximum absolute atomic E-state index is 10.9. The van der Waals surface area contributed by atoms with Crippen LogP contribution >= 0.6 is 0 Å². The van der Waals surface area contributed by atoms with Crippen molar-refractivity contribution in [2.45, 2.75) is 45.6 Å². The number of carbonyl (C=O) groups is 1. The quantitative estimate of drug-likeness (QED) is 0.216. The Labute approximate surface area is 127 Å². The molecule has 0 fully saturated rings. The molecule has 0 rings (SSSR count). The summed E-state index contributed by atoms with van der Waals surface area (Å²) in [6, 6.07) is -0.982. The number of quaternary nitrogens is 1. The molecule has 0 aliphatic carbocycles. The SMILES string of the molecule is C/C=C/CCCCCOCC[N+](CO)(CO)C(C)C(=O)[O-]. The number of aliphatic carboxylic acids is 1. The van der Waals surface area contributed by atoms with E-state index in [0.717, 1.165) is 25.7 Å². The van der Waals surface area contributed by atoms with Gasteiger partial charge in [0.25, 0.3) is 0 Å². The zero-order chi connectivity index (χ0) is 16.1. The van der Waals surface area contributed by atoms with E-state index in [2.05, 4.69) is 6.08 Å². The fourth-order valence-corrected chi connectivity index (χ4v) is 2.01. The van der Waals surface area contributed by atoms with Gasteiger partial charge in [0.2, 0.25) is 0 Å². The second-order valence-corrected chi connectivity index (χ2v) is 5.25. The van der Waals surface area contributed by atoms with Gasteiger partial charge in [-0.05, 0) is 33.1 Å². The minimum atomic E-state index is -1.29. The van der Waals surface area contributed by atoms with Crippen LogP contribution in [-0.4, -0.2) is 59.9 Å². The van der Waals surface area contributed by atoms with Crippen molar-refractivity contribution in [3.05, 3.63) is 12.2 Å². The maximum Gasteiger partial charge on any atom is 0.182 e. The van der Waals surface area contributed by atoms with Gasteiger partial charge in [0.05, 0.1) is 12.6 Å². The highest BCUT2D eigenvalue weighted by Gasteiger charge is 2.33. The standard InChI is InChI=1S/C15H29NO5/c1-3-4-5-6-7-8-10-21-11-9-16(12-17,13-18)14(2)15(19)20/h3-4,14,17-18H,5-13H2,1-2H3/b4-3+. The van der Waals surface area contributed by atoms with Crippen molar-refractivity contribution in [1.82, 2.24) is 0 Å². The number of nitrogens with zero attached hydrogens (tertiary/aromatic N) is 1. The summed E-state index contributed by atoms with van der Waals surface area (Å²) in [4.78, 5) is 10.9. The average Bonchev–Trinajstić information content (AvgIpc) is 2.49. The summed E-state index contributed by atoms with van der Waals surface area (Å²) in [5.41, 5.74) is 0. The van der Waals surface area contributed by atoms with Gasteiger partial charge in [-0.1, -0.05) is 18.6 Å². The van der Waals surface area contributed by atoms with Gasteiger partial charge in [-0.15, -0.1) is 0 Å². The minimum Gasteiger partial charge on any atom is -0.544 e. The summed E-state index contributed by atoms with van der Waals surface area (Å²) in [5.74, 6) is -1.29. The van der Waals surface area contributed by atoms with Crippen LogP contribution < -0.4 is 5.11 Å². The summed E-state index contributed by atoms with van der Waals surface area (Å²) in [5, 5.41) is 29.7. The number of allylic oxidation sites excluding steroid dienone is 2.